The average Bonchev–Trinajstić information content (AvgIpc) is 2.76. The van der Waals surface area contributed by atoms with Gasteiger partial charge in [-0.3, -0.25) is 0 Å². The predicted molar refractivity (Wildman–Crippen MR) is 69.0 cm³/mol. The molecule has 92 valence electrons. The lowest BCUT2D eigenvalue weighted by molar-refractivity contribution is -0.204. The zero-order valence-corrected chi connectivity index (χ0v) is 10.8. The Balaban J connectivity index is 2.68. The summed E-state index contributed by atoms with van der Waals surface area (Å²) in [5.74, 6) is -0.718. The van der Waals surface area contributed by atoms with Crippen LogP contribution in [0.4, 0.5) is 0 Å². The Hall–Kier alpha value is -1.32. The van der Waals surface area contributed by atoms with Gasteiger partial charge in [-0.2, -0.15) is 0 Å². The van der Waals surface area contributed by atoms with Crippen molar-refractivity contribution in [1.29, 1.82) is 0 Å². The number of methoxy groups -OCH3 is 2. The Morgan fingerprint density at radius 2 is 1.82 bits per heavy atom. The minimum atomic E-state index is -0.718. The van der Waals surface area contributed by atoms with Gasteiger partial charge >= 0.3 is 0 Å². The van der Waals surface area contributed by atoms with E-state index in [4.69, 9.17) is 9.47 Å². The first-order chi connectivity index (χ1) is 8.16. The molecule has 0 aliphatic carbocycles. The molecule has 0 saturated carbocycles. The lowest BCUT2D eigenvalue weighted by Crippen LogP contribution is -2.28. The molecule has 0 aliphatic rings. The molecule has 17 heavy (non-hydrogen) atoms. The number of aromatic amines is 1. The van der Waals surface area contributed by atoms with Crippen LogP contribution in [0.5, 0.6) is 0 Å². The van der Waals surface area contributed by atoms with Crippen LogP contribution in [0.15, 0.2) is 24.3 Å². The van der Waals surface area contributed by atoms with E-state index in [-0.39, 0.29) is 0 Å². The first-order valence-corrected chi connectivity index (χ1v) is 5.86. The largest absolute Gasteiger partial charge is 0.354 e. The Bertz CT molecular complexity index is 512. The van der Waals surface area contributed by atoms with E-state index >= 15 is 0 Å². The van der Waals surface area contributed by atoms with Gasteiger partial charge in [0.15, 0.2) is 0 Å². The van der Waals surface area contributed by atoms with Crippen molar-refractivity contribution < 1.29 is 9.47 Å². The third-order valence-corrected chi connectivity index (χ3v) is 3.40. The second-order valence-corrected chi connectivity index (χ2v) is 4.23. The molecule has 0 amide bonds. The molecule has 0 bridgehead atoms. The van der Waals surface area contributed by atoms with E-state index in [1.807, 2.05) is 13.0 Å². The van der Waals surface area contributed by atoms with Gasteiger partial charge in [-0.15, -0.1) is 0 Å². The summed E-state index contributed by atoms with van der Waals surface area (Å²) in [5, 5.41) is 1.24. The van der Waals surface area contributed by atoms with Crippen molar-refractivity contribution in [2.24, 2.45) is 0 Å². The average molecular weight is 233 g/mol. The summed E-state index contributed by atoms with van der Waals surface area (Å²) in [4.78, 5) is 3.41. The molecule has 1 heterocycles. The first kappa shape index (κ1) is 12.1. The molecule has 1 aromatic heterocycles. The maximum absolute atomic E-state index is 5.49. The number of para-hydroxylation sites is 1. The summed E-state index contributed by atoms with van der Waals surface area (Å²) >= 11 is 0. The summed E-state index contributed by atoms with van der Waals surface area (Å²) in [6, 6.07) is 8.28. The maximum Gasteiger partial charge on any atom is 0.206 e. The summed E-state index contributed by atoms with van der Waals surface area (Å²) in [6.07, 6.45) is 0.946. The van der Waals surface area contributed by atoms with Crippen molar-refractivity contribution in [3.05, 3.63) is 35.5 Å². The monoisotopic (exact) mass is 233 g/mol. The van der Waals surface area contributed by atoms with Gasteiger partial charge in [-0.05, 0) is 25.0 Å². The molecule has 0 unspecified atom stereocenters. The summed E-state index contributed by atoms with van der Waals surface area (Å²) < 4.78 is 11.0. The third kappa shape index (κ3) is 1.85. The highest BCUT2D eigenvalue weighted by atomic mass is 16.7. The molecule has 3 nitrogen and oxygen atoms in total. The van der Waals surface area contributed by atoms with Crippen LogP contribution in [0, 0.1) is 0 Å². The number of hydrogen-bond acceptors (Lipinski definition) is 2. The highest BCUT2D eigenvalue weighted by molar-refractivity contribution is 5.84. The van der Waals surface area contributed by atoms with Gasteiger partial charge in [-0.1, -0.05) is 25.1 Å². The molecule has 3 heteroatoms. The summed E-state index contributed by atoms with van der Waals surface area (Å²) in [6.45, 7) is 4.07. The van der Waals surface area contributed by atoms with Crippen LogP contribution in [0.25, 0.3) is 10.9 Å². The van der Waals surface area contributed by atoms with Crippen LogP contribution < -0.4 is 0 Å². The lowest BCUT2D eigenvalue weighted by Gasteiger charge is -2.26. The fraction of sp³-hybridized carbons (Fsp3) is 0.429. The van der Waals surface area contributed by atoms with Gasteiger partial charge < -0.3 is 14.5 Å². The molecule has 0 radical (unpaired) electrons. The standard InChI is InChI=1S/C14H19NO2/c1-5-10-11-8-6-7-9-12(11)15-13(10)14(2,16-3)17-4/h6-9,15H,5H2,1-4H3. The van der Waals surface area contributed by atoms with E-state index in [1.165, 1.54) is 10.9 Å². The van der Waals surface area contributed by atoms with Gasteiger partial charge in [0.05, 0.1) is 5.69 Å². The zero-order valence-electron chi connectivity index (χ0n) is 10.8. The van der Waals surface area contributed by atoms with Gasteiger partial charge in [-0.25, -0.2) is 0 Å². The Morgan fingerprint density at radius 1 is 1.18 bits per heavy atom. The Kier molecular flexibility index (Phi) is 3.22. The molecule has 2 rings (SSSR count). The van der Waals surface area contributed by atoms with E-state index in [9.17, 15) is 0 Å². The minimum Gasteiger partial charge on any atom is -0.354 e. The van der Waals surface area contributed by atoms with E-state index in [0.717, 1.165) is 17.6 Å². The summed E-state index contributed by atoms with van der Waals surface area (Å²) in [7, 11) is 3.32. The quantitative estimate of drug-likeness (QED) is 0.823. The second kappa shape index (κ2) is 4.51. The molecule has 2 aromatic rings. The number of nitrogens with one attached hydrogen (secondary N) is 1. The van der Waals surface area contributed by atoms with Gasteiger partial charge in [0.25, 0.3) is 0 Å². The topological polar surface area (TPSA) is 34.2 Å². The summed E-state index contributed by atoms with van der Waals surface area (Å²) in [5.41, 5.74) is 3.39. The smallest absolute Gasteiger partial charge is 0.206 e. The van der Waals surface area contributed by atoms with Crippen molar-refractivity contribution in [1.82, 2.24) is 4.98 Å². The van der Waals surface area contributed by atoms with E-state index in [0.29, 0.717) is 0 Å². The third-order valence-electron chi connectivity index (χ3n) is 3.40. The van der Waals surface area contributed by atoms with Crippen LogP contribution in [0.3, 0.4) is 0 Å². The number of ether oxygens (including phenoxy) is 2. The number of H-pyrrole nitrogens is 1. The SMILES string of the molecule is CCc1c(C(C)(OC)OC)[nH]c2ccccc12. The zero-order chi connectivity index (χ0) is 12.5. The molecular weight excluding hydrogens is 214 g/mol. The molecule has 0 spiro atoms. The number of aromatic nitrogens is 1. The first-order valence-electron chi connectivity index (χ1n) is 5.86. The molecule has 1 N–H and O–H groups in total. The van der Waals surface area contributed by atoms with Crippen molar-refractivity contribution in [2.45, 2.75) is 26.1 Å². The fourth-order valence-corrected chi connectivity index (χ4v) is 2.24. The van der Waals surface area contributed by atoms with E-state index in [2.05, 4.69) is 30.1 Å². The molecule has 0 fully saturated rings. The van der Waals surface area contributed by atoms with E-state index < -0.39 is 5.79 Å². The fourth-order valence-electron chi connectivity index (χ4n) is 2.24. The van der Waals surface area contributed by atoms with Crippen molar-refractivity contribution in [2.75, 3.05) is 14.2 Å². The molecule has 1 aromatic carbocycles. The number of aryl methyl sites for hydroxylation is 1. The van der Waals surface area contributed by atoms with Gasteiger partial charge in [0.1, 0.15) is 0 Å². The second-order valence-electron chi connectivity index (χ2n) is 4.23. The van der Waals surface area contributed by atoms with Crippen molar-refractivity contribution >= 4 is 10.9 Å². The Morgan fingerprint density at radius 3 is 2.41 bits per heavy atom. The maximum atomic E-state index is 5.49. The molecular formula is C14H19NO2. The van der Waals surface area contributed by atoms with Crippen LogP contribution >= 0.6 is 0 Å². The van der Waals surface area contributed by atoms with Crippen LogP contribution in [-0.4, -0.2) is 19.2 Å². The highest BCUT2D eigenvalue weighted by Gasteiger charge is 2.30. The number of rotatable bonds is 4. The lowest BCUT2D eigenvalue weighted by atomic mass is 10.0. The van der Waals surface area contributed by atoms with Crippen molar-refractivity contribution in [3.8, 4) is 0 Å². The Labute approximate surface area is 102 Å². The molecule has 0 aliphatic heterocycles. The van der Waals surface area contributed by atoms with Gasteiger partial charge in [0, 0.05) is 25.1 Å². The number of fused-ring (bicyclic) bond motifs is 1. The minimum absolute atomic E-state index is 0.718. The molecule has 0 atom stereocenters. The van der Waals surface area contributed by atoms with E-state index in [1.54, 1.807) is 14.2 Å². The van der Waals surface area contributed by atoms with Gasteiger partial charge in [0.2, 0.25) is 5.79 Å². The van der Waals surface area contributed by atoms with Crippen LogP contribution in [0.2, 0.25) is 0 Å². The highest BCUT2D eigenvalue weighted by Crippen LogP contribution is 2.33. The van der Waals surface area contributed by atoms with Crippen LogP contribution in [-0.2, 0) is 21.7 Å². The predicted octanol–water partition coefficient (Wildman–Crippen LogP) is 3.20. The number of hydrogen-bond donors (Lipinski definition) is 1. The normalized spacial score (nSPS) is 12.2. The van der Waals surface area contributed by atoms with Crippen LogP contribution in [0.1, 0.15) is 25.1 Å². The number of benzene rings is 1. The van der Waals surface area contributed by atoms with Crippen molar-refractivity contribution in [3.63, 3.8) is 0 Å². The molecule has 0 saturated heterocycles.